The minimum Gasteiger partial charge on any atom is -0.369 e. The molecule has 0 bridgehead atoms. The maximum atomic E-state index is 5.27. The van der Waals surface area contributed by atoms with E-state index >= 15 is 0 Å². The number of hydrogen-bond acceptors (Lipinski definition) is 2. The third-order valence-corrected chi connectivity index (χ3v) is 2.71. The monoisotopic (exact) mass is 252 g/mol. The van der Waals surface area contributed by atoms with E-state index in [1.165, 1.54) is 0 Å². The lowest BCUT2D eigenvalue weighted by Gasteiger charge is -2.12. The van der Waals surface area contributed by atoms with Gasteiger partial charge in [-0.3, -0.25) is 0 Å². The molecule has 0 unspecified atom stereocenters. The first kappa shape index (κ1) is 12.8. The summed E-state index contributed by atoms with van der Waals surface area (Å²) < 4.78 is 0. The third-order valence-electron chi connectivity index (χ3n) is 2.71. The van der Waals surface area contributed by atoms with Gasteiger partial charge in [-0.25, -0.2) is 0 Å². The largest absolute Gasteiger partial charge is 0.369 e. The van der Waals surface area contributed by atoms with Crippen LogP contribution in [-0.2, 0) is 0 Å². The fourth-order valence-corrected chi connectivity index (χ4v) is 1.85. The minimum atomic E-state index is -0.0453. The summed E-state index contributed by atoms with van der Waals surface area (Å²) in [6, 6.07) is 20.2. The molecular formula is C15H16N4. The Morgan fingerprint density at radius 2 is 1.32 bits per heavy atom. The van der Waals surface area contributed by atoms with Crippen molar-refractivity contribution in [1.29, 1.82) is 0 Å². The van der Waals surface area contributed by atoms with Crippen molar-refractivity contribution in [3.8, 4) is 0 Å². The molecule has 0 spiro atoms. The zero-order valence-corrected chi connectivity index (χ0v) is 10.5. The van der Waals surface area contributed by atoms with Gasteiger partial charge in [0.05, 0.1) is 0 Å². The number of hydrogen-bond donors (Lipinski definition) is 2. The van der Waals surface area contributed by atoms with Crippen LogP contribution in [0.25, 0.3) is 0 Å². The molecule has 0 amide bonds. The highest BCUT2D eigenvalue weighted by atomic mass is 15.3. The first-order valence-corrected chi connectivity index (χ1v) is 5.99. The van der Waals surface area contributed by atoms with Gasteiger partial charge in [0, 0.05) is 12.1 Å². The van der Waals surface area contributed by atoms with Gasteiger partial charge in [0.15, 0.2) is 0 Å². The standard InChI is InChI=1S/C15H16N4/c16-15(17)19-18-11-14(12-7-3-1-4-8-12)13-9-5-2-6-10-13/h1-11,14H,(H4,16,17,19)/b18-11+. The van der Waals surface area contributed by atoms with Gasteiger partial charge in [-0.2, -0.15) is 5.10 Å². The van der Waals surface area contributed by atoms with Gasteiger partial charge in [0.2, 0.25) is 5.96 Å². The molecule has 4 heteroatoms. The molecule has 0 atom stereocenters. The molecule has 2 aromatic carbocycles. The summed E-state index contributed by atoms with van der Waals surface area (Å²) in [4.78, 5) is 0. The highest BCUT2D eigenvalue weighted by Gasteiger charge is 2.10. The lowest BCUT2D eigenvalue weighted by atomic mass is 9.92. The van der Waals surface area contributed by atoms with E-state index < -0.39 is 0 Å². The van der Waals surface area contributed by atoms with Crippen LogP contribution in [-0.4, -0.2) is 12.2 Å². The number of rotatable bonds is 4. The van der Waals surface area contributed by atoms with E-state index in [-0.39, 0.29) is 11.9 Å². The van der Waals surface area contributed by atoms with E-state index in [1.54, 1.807) is 6.21 Å². The Bertz CT molecular complexity index is 518. The first-order chi connectivity index (χ1) is 9.27. The summed E-state index contributed by atoms with van der Waals surface area (Å²) in [6.45, 7) is 0. The molecule has 0 saturated carbocycles. The summed E-state index contributed by atoms with van der Waals surface area (Å²) in [5.41, 5.74) is 12.8. The van der Waals surface area contributed by atoms with Crippen molar-refractivity contribution >= 4 is 12.2 Å². The lowest BCUT2D eigenvalue weighted by molar-refractivity contribution is 1.08. The zero-order chi connectivity index (χ0) is 13.5. The molecule has 0 radical (unpaired) electrons. The van der Waals surface area contributed by atoms with Crippen molar-refractivity contribution in [2.75, 3.05) is 0 Å². The van der Waals surface area contributed by atoms with Crippen LogP contribution in [0.15, 0.2) is 70.9 Å². The van der Waals surface area contributed by atoms with E-state index in [0.29, 0.717) is 0 Å². The molecule has 4 N–H and O–H groups in total. The summed E-state index contributed by atoms with van der Waals surface area (Å²) in [5, 5.41) is 7.59. The molecule has 0 saturated heterocycles. The summed E-state index contributed by atoms with van der Waals surface area (Å²) in [6.07, 6.45) is 1.74. The fourth-order valence-electron chi connectivity index (χ4n) is 1.85. The number of guanidine groups is 1. The summed E-state index contributed by atoms with van der Waals surface area (Å²) in [7, 11) is 0. The molecule has 2 rings (SSSR count). The predicted molar refractivity (Wildman–Crippen MR) is 79.0 cm³/mol. The van der Waals surface area contributed by atoms with E-state index in [2.05, 4.69) is 34.5 Å². The highest BCUT2D eigenvalue weighted by molar-refractivity contribution is 5.78. The Balaban J connectivity index is 2.34. The fraction of sp³-hybridized carbons (Fsp3) is 0.0667. The lowest BCUT2D eigenvalue weighted by Crippen LogP contribution is -2.21. The number of nitrogens with zero attached hydrogens (tertiary/aromatic N) is 2. The van der Waals surface area contributed by atoms with Crippen LogP contribution in [0.4, 0.5) is 0 Å². The highest BCUT2D eigenvalue weighted by Crippen LogP contribution is 2.22. The quantitative estimate of drug-likeness (QED) is 0.496. The van der Waals surface area contributed by atoms with Crippen LogP contribution in [0.2, 0.25) is 0 Å². The van der Waals surface area contributed by atoms with E-state index in [4.69, 9.17) is 11.5 Å². The van der Waals surface area contributed by atoms with E-state index in [1.807, 2.05) is 36.4 Å². The average Bonchev–Trinajstić information content (AvgIpc) is 2.45. The first-order valence-electron chi connectivity index (χ1n) is 5.99. The van der Waals surface area contributed by atoms with E-state index in [0.717, 1.165) is 11.1 Å². The molecule has 0 aliphatic rings. The second-order valence-electron chi connectivity index (χ2n) is 4.09. The second kappa shape index (κ2) is 6.35. The third kappa shape index (κ3) is 3.67. The van der Waals surface area contributed by atoms with Gasteiger partial charge in [-0.05, 0) is 11.1 Å². The zero-order valence-electron chi connectivity index (χ0n) is 10.5. The summed E-state index contributed by atoms with van der Waals surface area (Å²) in [5.74, 6) is -0.0124. The van der Waals surface area contributed by atoms with Crippen molar-refractivity contribution in [1.82, 2.24) is 0 Å². The molecule has 19 heavy (non-hydrogen) atoms. The van der Waals surface area contributed by atoms with Crippen LogP contribution in [0.3, 0.4) is 0 Å². The van der Waals surface area contributed by atoms with Crippen molar-refractivity contribution in [2.45, 2.75) is 5.92 Å². The second-order valence-corrected chi connectivity index (χ2v) is 4.09. The van der Waals surface area contributed by atoms with Crippen molar-refractivity contribution in [3.05, 3.63) is 71.8 Å². The average molecular weight is 252 g/mol. The molecule has 0 aliphatic heterocycles. The SMILES string of the molecule is NC(N)=N/N=C/C(c1ccccc1)c1ccccc1. The molecule has 2 aromatic rings. The Labute approximate surface area is 112 Å². The van der Waals surface area contributed by atoms with Crippen LogP contribution >= 0.6 is 0 Å². The minimum absolute atomic E-state index is 0.0329. The smallest absolute Gasteiger partial charge is 0.211 e. The molecule has 4 nitrogen and oxygen atoms in total. The Morgan fingerprint density at radius 3 is 1.74 bits per heavy atom. The van der Waals surface area contributed by atoms with Gasteiger partial charge < -0.3 is 11.5 Å². The van der Waals surface area contributed by atoms with Gasteiger partial charge in [0.25, 0.3) is 0 Å². The van der Waals surface area contributed by atoms with Crippen LogP contribution in [0.5, 0.6) is 0 Å². The van der Waals surface area contributed by atoms with Crippen molar-refractivity contribution < 1.29 is 0 Å². The number of benzene rings is 2. The Morgan fingerprint density at radius 1 is 0.842 bits per heavy atom. The molecule has 0 aliphatic carbocycles. The number of nitrogens with two attached hydrogens (primary N) is 2. The maximum Gasteiger partial charge on any atom is 0.211 e. The van der Waals surface area contributed by atoms with Crippen LogP contribution in [0, 0.1) is 0 Å². The van der Waals surface area contributed by atoms with E-state index in [9.17, 15) is 0 Å². The Hall–Kier alpha value is -2.62. The van der Waals surface area contributed by atoms with Crippen molar-refractivity contribution in [3.63, 3.8) is 0 Å². The molecule has 0 fully saturated rings. The van der Waals surface area contributed by atoms with Crippen LogP contribution in [0.1, 0.15) is 17.0 Å². The van der Waals surface area contributed by atoms with Gasteiger partial charge >= 0.3 is 0 Å². The van der Waals surface area contributed by atoms with Crippen LogP contribution < -0.4 is 11.5 Å². The van der Waals surface area contributed by atoms with Gasteiger partial charge in [-0.15, -0.1) is 5.10 Å². The molecule has 0 heterocycles. The molecule has 96 valence electrons. The maximum absolute atomic E-state index is 5.27. The Kier molecular flexibility index (Phi) is 4.29. The predicted octanol–water partition coefficient (Wildman–Crippen LogP) is 2.08. The van der Waals surface area contributed by atoms with Gasteiger partial charge in [-0.1, -0.05) is 60.7 Å². The van der Waals surface area contributed by atoms with Crippen molar-refractivity contribution in [2.24, 2.45) is 21.7 Å². The van der Waals surface area contributed by atoms with Gasteiger partial charge in [0.1, 0.15) is 0 Å². The molecule has 0 aromatic heterocycles. The topological polar surface area (TPSA) is 76.8 Å². The summed E-state index contributed by atoms with van der Waals surface area (Å²) >= 11 is 0. The molecular weight excluding hydrogens is 236 g/mol. The normalized spacial score (nSPS) is 10.8.